The maximum absolute atomic E-state index is 12.3. The van der Waals surface area contributed by atoms with Gasteiger partial charge in [-0.15, -0.1) is 0 Å². The molecule has 0 saturated heterocycles. The summed E-state index contributed by atoms with van der Waals surface area (Å²) in [5.74, 6) is -0.516. The number of para-hydroxylation sites is 1. The maximum Gasteiger partial charge on any atom is 0.339 e. The lowest BCUT2D eigenvalue weighted by atomic mass is 10.0. The van der Waals surface area contributed by atoms with Crippen LogP contribution in [0.3, 0.4) is 0 Å². The first-order chi connectivity index (χ1) is 10.7. The number of aryl methyl sites for hydroxylation is 1. The van der Waals surface area contributed by atoms with Crippen LogP contribution in [0, 0.1) is 0 Å². The third-order valence-electron chi connectivity index (χ3n) is 3.82. The van der Waals surface area contributed by atoms with Gasteiger partial charge < -0.3 is 10.1 Å². The van der Waals surface area contributed by atoms with Gasteiger partial charge in [0.1, 0.15) is 6.10 Å². The Morgan fingerprint density at radius 3 is 2.68 bits per heavy atom. The van der Waals surface area contributed by atoms with Crippen molar-refractivity contribution < 1.29 is 14.3 Å². The van der Waals surface area contributed by atoms with E-state index < -0.39 is 6.10 Å². The topological polar surface area (TPSA) is 55.4 Å². The zero-order chi connectivity index (χ0) is 15.5. The molecule has 2 aromatic rings. The molecule has 0 aromatic heterocycles. The number of carbonyl (C=O) groups is 2. The van der Waals surface area contributed by atoms with E-state index in [-0.39, 0.29) is 18.3 Å². The molecule has 1 aliphatic heterocycles. The van der Waals surface area contributed by atoms with Crippen molar-refractivity contribution in [2.24, 2.45) is 0 Å². The number of hydrogen-bond donors (Lipinski definition) is 1. The van der Waals surface area contributed by atoms with Crippen LogP contribution >= 0.6 is 0 Å². The first-order valence-corrected chi connectivity index (χ1v) is 7.36. The SMILES string of the molecule is CCc1ccccc1NC(=O)CC1OC(=O)c2ccccc21. The monoisotopic (exact) mass is 295 g/mol. The molecule has 3 rings (SSSR count). The normalized spacial score (nSPS) is 16.0. The van der Waals surface area contributed by atoms with Crippen LogP contribution in [0.5, 0.6) is 0 Å². The van der Waals surface area contributed by atoms with Crippen LogP contribution in [0.1, 0.15) is 40.9 Å². The molecule has 0 aliphatic carbocycles. The molecule has 0 spiro atoms. The summed E-state index contributed by atoms with van der Waals surface area (Å²) in [5.41, 5.74) is 3.23. The summed E-state index contributed by atoms with van der Waals surface area (Å²) in [6.07, 6.45) is 0.468. The highest BCUT2D eigenvalue weighted by Gasteiger charge is 2.32. The van der Waals surface area contributed by atoms with Gasteiger partial charge in [0.15, 0.2) is 0 Å². The van der Waals surface area contributed by atoms with Crippen molar-refractivity contribution in [3.63, 3.8) is 0 Å². The number of hydrogen-bond acceptors (Lipinski definition) is 3. The highest BCUT2D eigenvalue weighted by Crippen LogP contribution is 2.33. The number of nitrogens with one attached hydrogen (secondary N) is 1. The fourth-order valence-electron chi connectivity index (χ4n) is 2.69. The Balaban J connectivity index is 1.72. The zero-order valence-electron chi connectivity index (χ0n) is 12.3. The van der Waals surface area contributed by atoms with Crippen molar-refractivity contribution in [2.45, 2.75) is 25.9 Å². The van der Waals surface area contributed by atoms with Crippen LogP contribution in [0.25, 0.3) is 0 Å². The van der Waals surface area contributed by atoms with Gasteiger partial charge in [0.05, 0.1) is 12.0 Å². The number of carbonyl (C=O) groups excluding carboxylic acids is 2. The average molecular weight is 295 g/mol. The molecule has 4 heteroatoms. The fourth-order valence-corrected chi connectivity index (χ4v) is 2.69. The van der Waals surface area contributed by atoms with Crippen molar-refractivity contribution in [1.82, 2.24) is 0 Å². The van der Waals surface area contributed by atoms with E-state index in [0.717, 1.165) is 23.2 Å². The summed E-state index contributed by atoms with van der Waals surface area (Å²) in [4.78, 5) is 24.0. The van der Waals surface area contributed by atoms with Gasteiger partial charge in [0.2, 0.25) is 5.91 Å². The molecule has 1 atom stereocenters. The highest BCUT2D eigenvalue weighted by atomic mass is 16.5. The number of cyclic esters (lactones) is 1. The molecule has 1 N–H and O–H groups in total. The molecule has 0 bridgehead atoms. The largest absolute Gasteiger partial charge is 0.453 e. The first kappa shape index (κ1) is 14.3. The second kappa shape index (κ2) is 6.02. The Bertz CT molecular complexity index is 724. The Morgan fingerprint density at radius 2 is 1.86 bits per heavy atom. The predicted octanol–water partition coefficient (Wildman–Crippen LogP) is 3.49. The van der Waals surface area contributed by atoms with Crippen molar-refractivity contribution in [2.75, 3.05) is 5.32 Å². The van der Waals surface area contributed by atoms with Crippen LogP contribution in [-0.2, 0) is 16.0 Å². The average Bonchev–Trinajstić information content (AvgIpc) is 2.84. The third kappa shape index (κ3) is 2.72. The lowest BCUT2D eigenvalue weighted by Gasteiger charge is -2.13. The van der Waals surface area contributed by atoms with Crippen LogP contribution in [0.15, 0.2) is 48.5 Å². The van der Waals surface area contributed by atoms with Crippen molar-refractivity contribution in [1.29, 1.82) is 0 Å². The number of benzene rings is 2. The minimum Gasteiger partial charge on any atom is -0.453 e. The number of esters is 1. The van der Waals surface area contributed by atoms with Gasteiger partial charge in [-0.1, -0.05) is 43.3 Å². The van der Waals surface area contributed by atoms with E-state index in [1.165, 1.54) is 0 Å². The molecule has 1 heterocycles. The summed E-state index contributed by atoms with van der Waals surface area (Å²) in [6.45, 7) is 2.04. The van der Waals surface area contributed by atoms with Crippen LogP contribution in [0.2, 0.25) is 0 Å². The third-order valence-corrected chi connectivity index (χ3v) is 3.82. The lowest BCUT2D eigenvalue weighted by molar-refractivity contribution is -0.118. The summed E-state index contributed by atoms with van der Waals surface area (Å²) in [7, 11) is 0. The molecule has 4 nitrogen and oxygen atoms in total. The number of rotatable bonds is 4. The molecule has 1 aliphatic rings. The molecule has 112 valence electrons. The Kier molecular flexibility index (Phi) is 3.92. The number of anilines is 1. The van der Waals surface area contributed by atoms with Crippen LogP contribution < -0.4 is 5.32 Å². The van der Waals surface area contributed by atoms with Gasteiger partial charge in [0, 0.05) is 11.3 Å². The second-order valence-electron chi connectivity index (χ2n) is 5.24. The van der Waals surface area contributed by atoms with Gasteiger partial charge >= 0.3 is 5.97 Å². The quantitative estimate of drug-likeness (QED) is 0.878. The van der Waals surface area contributed by atoms with Crippen LogP contribution in [-0.4, -0.2) is 11.9 Å². The van der Waals surface area contributed by atoms with Gasteiger partial charge in [-0.25, -0.2) is 4.79 Å². The first-order valence-electron chi connectivity index (χ1n) is 7.36. The van der Waals surface area contributed by atoms with Crippen molar-refractivity contribution in [3.05, 3.63) is 65.2 Å². The van der Waals surface area contributed by atoms with Crippen molar-refractivity contribution in [3.8, 4) is 0 Å². The molecular formula is C18H17NO3. The molecule has 0 radical (unpaired) electrons. The molecule has 1 unspecified atom stereocenters. The Labute approximate surface area is 129 Å². The molecular weight excluding hydrogens is 278 g/mol. The molecule has 1 amide bonds. The summed E-state index contributed by atoms with van der Waals surface area (Å²) < 4.78 is 5.30. The van der Waals surface area contributed by atoms with Gasteiger partial charge in [-0.2, -0.15) is 0 Å². The van der Waals surface area contributed by atoms with Crippen molar-refractivity contribution >= 4 is 17.6 Å². The maximum atomic E-state index is 12.3. The van der Waals surface area contributed by atoms with E-state index in [4.69, 9.17) is 4.74 Å². The summed E-state index contributed by atoms with van der Waals surface area (Å²) in [5, 5.41) is 2.90. The van der Waals surface area contributed by atoms with Crippen LogP contribution in [0.4, 0.5) is 5.69 Å². The molecule has 0 saturated carbocycles. The van der Waals surface area contributed by atoms with E-state index in [0.29, 0.717) is 5.56 Å². The lowest BCUT2D eigenvalue weighted by Crippen LogP contribution is -2.16. The highest BCUT2D eigenvalue weighted by molar-refractivity contribution is 5.96. The zero-order valence-corrected chi connectivity index (χ0v) is 12.3. The fraction of sp³-hybridized carbons (Fsp3) is 0.222. The summed E-state index contributed by atoms with van der Waals surface area (Å²) >= 11 is 0. The standard InChI is InChI=1S/C18H17NO3/c1-2-12-7-3-6-10-15(12)19-17(20)11-16-13-8-4-5-9-14(13)18(21)22-16/h3-10,16H,2,11H2,1H3,(H,19,20). The van der Waals surface area contributed by atoms with Gasteiger partial charge in [-0.3, -0.25) is 4.79 Å². The Morgan fingerprint density at radius 1 is 1.14 bits per heavy atom. The summed E-state index contributed by atoms with van der Waals surface area (Å²) in [6, 6.07) is 14.9. The van der Waals surface area contributed by atoms with E-state index in [2.05, 4.69) is 5.32 Å². The van der Waals surface area contributed by atoms with E-state index in [1.54, 1.807) is 12.1 Å². The number of amides is 1. The minimum absolute atomic E-state index is 0.126. The molecule has 0 fully saturated rings. The molecule has 2 aromatic carbocycles. The van der Waals surface area contributed by atoms with E-state index >= 15 is 0 Å². The van der Waals surface area contributed by atoms with Gasteiger partial charge in [0.25, 0.3) is 0 Å². The minimum atomic E-state index is -0.502. The van der Waals surface area contributed by atoms with E-state index in [9.17, 15) is 9.59 Å². The molecule has 22 heavy (non-hydrogen) atoms. The number of ether oxygens (including phenoxy) is 1. The van der Waals surface area contributed by atoms with Gasteiger partial charge in [-0.05, 0) is 24.1 Å². The second-order valence-corrected chi connectivity index (χ2v) is 5.24. The Hall–Kier alpha value is -2.62. The van der Waals surface area contributed by atoms with E-state index in [1.807, 2.05) is 43.3 Å². The predicted molar refractivity (Wildman–Crippen MR) is 83.7 cm³/mol. The number of fused-ring (bicyclic) bond motifs is 1. The smallest absolute Gasteiger partial charge is 0.339 e.